The van der Waals surface area contributed by atoms with Crippen molar-refractivity contribution in [3.05, 3.63) is 46.9 Å². The zero-order valence-corrected chi connectivity index (χ0v) is 14.7. The van der Waals surface area contributed by atoms with E-state index in [2.05, 4.69) is 27.1 Å². The molecule has 1 amide bonds. The van der Waals surface area contributed by atoms with Crippen LogP contribution in [0.3, 0.4) is 0 Å². The van der Waals surface area contributed by atoms with E-state index >= 15 is 0 Å². The minimum atomic E-state index is -0.286. The van der Waals surface area contributed by atoms with Gasteiger partial charge in [-0.15, -0.1) is 0 Å². The number of halogens is 1. The monoisotopic (exact) mass is 344 g/mol. The number of carbonyl (C=O) groups excluding carboxylic acids is 1. The SMILES string of the molecule is Cc1c(Cl)cccc1NC(=O)c1cnc(N2CCCC(C)C2)cn1. The van der Waals surface area contributed by atoms with E-state index in [4.69, 9.17) is 11.6 Å². The molecule has 1 unspecified atom stereocenters. The van der Waals surface area contributed by atoms with E-state index in [1.54, 1.807) is 18.3 Å². The lowest BCUT2D eigenvalue weighted by Gasteiger charge is -2.31. The first-order valence-electron chi connectivity index (χ1n) is 8.18. The summed E-state index contributed by atoms with van der Waals surface area (Å²) in [6.07, 6.45) is 5.63. The Hall–Kier alpha value is -2.14. The van der Waals surface area contributed by atoms with E-state index in [0.29, 0.717) is 22.3 Å². The number of carbonyl (C=O) groups is 1. The van der Waals surface area contributed by atoms with Gasteiger partial charge in [0.05, 0.1) is 12.4 Å². The van der Waals surface area contributed by atoms with E-state index in [1.807, 2.05) is 13.0 Å². The van der Waals surface area contributed by atoms with Crippen molar-refractivity contribution in [1.29, 1.82) is 0 Å². The van der Waals surface area contributed by atoms with E-state index in [9.17, 15) is 4.79 Å². The molecule has 0 bridgehead atoms. The van der Waals surface area contributed by atoms with Gasteiger partial charge in [0.2, 0.25) is 0 Å². The Morgan fingerprint density at radius 1 is 1.33 bits per heavy atom. The fraction of sp³-hybridized carbons (Fsp3) is 0.389. The number of rotatable bonds is 3. The molecule has 24 heavy (non-hydrogen) atoms. The third-order valence-corrected chi connectivity index (χ3v) is 4.78. The normalized spacial score (nSPS) is 17.6. The first-order valence-corrected chi connectivity index (χ1v) is 8.56. The summed E-state index contributed by atoms with van der Waals surface area (Å²) in [6, 6.07) is 5.41. The summed E-state index contributed by atoms with van der Waals surface area (Å²) in [5, 5.41) is 3.45. The average molecular weight is 345 g/mol. The van der Waals surface area contributed by atoms with E-state index in [0.717, 1.165) is 24.5 Å². The second-order valence-corrected chi connectivity index (χ2v) is 6.73. The zero-order chi connectivity index (χ0) is 17.1. The number of piperidine rings is 1. The molecule has 0 aliphatic carbocycles. The molecule has 2 heterocycles. The molecule has 5 nitrogen and oxygen atoms in total. The molecule has 2 aromatic rings. The van der Waals surface area contributed by atoms with Gasteiger partial charge in [0, 0.05) is 23.8 Å². The smallest absolute Gasteiger partial charge is 0.275 e. The molecule has 0 saturated carbocycles. The van der Waals surface area contributed by atoms with Crippen LogP contribution in [0.2, 0.25) is 5.02 Å². The molecule has 0 spiro atoms. The predicted molar refractivity (Wildman–Crippen MR) is 96.8 cm³/mol. The Balaban J connectivity index is 1.71. The molecule has 1 aromatic heterocycles. The second-order valence-electron chi connectivity index (χ2n) is 6.32. The molecular formula is C18H21ClN4O. The minimum Gasteiger partial charge on any atom is -0.355 e. The highest BCUT2D eigenvalue weighted by atomic mass is 35.5. The third kappa shape index (κ3) is 3.67. The predicted octanol–water partition coefficient (Wildman–Crippen LogP) is 3.93. The fourth-order valence-corrected chi connectivity index (χ4v) is 3.10. The largest absolute Gasteiger partial charge is 0.355 e. The third-order valence-electron chi connectivity index (χ3n) is 4.37. The summed E-state index contributed by atoms with van der Waals surface area (Å²) >= 11 is 6.08. The van der Waals surface area contributed by atoms with Crippen LogP contribution < -0.4 is 10.2 Å². The highest BCUT2D eigenvalue weighted by Gasteiger charge is 2.18. The van der Waals surface area contributed by atoms with Crippen molar-refractivity contribution >= 4 is 29.0 Å². The molecule has 1 saturated heterocycles. The Morgan fingerprint density at radius 2 is 2.17 bits per heavy atom. The Labute approximate surface area is 147 Å². The van der Waals surface area contributed by atoms with Crippen molar-refractivity contribution in [1.82, 2.24) is 9.97 Å². The minimum absolute atomic E-state index is 0.286. The van der Waals surface area contributed by atoms with Crippen LogP contribution in [0.1, 0.15) is 35.8 Å². The Bertz CT molecular complexity index is 732. The first-order chi connectivity index (χ1) is 11.5. The lowest BCUT2D eigenvalue weighted by atomic mass is 10.0. The van der Waals surface area contributed by atoms with Gasteiger partial charge in [0.15, 0.2) is 0 Å². The van der Waals surface area contributed by atoms with E-state index in [1.165, 1.54) is 19.0 Å². The quantitative estimate of drug-likeness (QED) is 0.916. The molecule has 1 fully saturated rings. The second kappa shape index (κ2) is 7.18. The van der Waals surface area contributed by atoms with Crippen LogP contribution in [-0.4, -0.2) is 29.0 Å². The Kier molecular flexibility index (Phi) is 5.00. The molecule has 126 valence electrons. The molecule has 3 rings (SSSR count). The van der Waals surface area contributed by atoms with Crippen LogP contribution in [-0.2, 0) is 0 Å². The maximum absolute atomic E-state index is 12.3. The van der Waals surface area contributed by atoms with Gasteiger partial charge in [-0.1, -0.05) is 24.6 Å². The lowest BCUT2D eigenvalue weighted by molar-refractivity contribution is 0.102. The number of anilines is 2. The van der Waals surface area contributed by atoms with Crippen LogP contribution in [0.15, 0.2) is 30.6 Å². The van der Waals surface area contributed by atoms with Gasteiger partial charge in [-0.05, 0) is 43.4 Å². The number of benzene rings is 1. The summed E-state index contributed by atoms with van der Waals surface area (Å²) < 4.78 is 0. The van der Waals surface area contributed by atoms with Crippen LogP contribution >= 0.6 is 11.6 Å². The summed E-state index contributed by atoms with van der Waals surface area (Å²) in [5.41, 5.74) is 1.81. The van der Waals surface area contributed by atoms with Gasteiger partial charge in [-0.2, -0.15) is 0 Å². The number of aromatic nitrogens is 2. The number of nitrogens with one attached hydrogen (secondary N) is 1. The van der Waals surface area contributed by atoms with Crippen molar-refractivity contribution < 1.29 is 4.79 Å². The van der Waals surface area contributed by atoms with Gasteiger partial charge >= 0.3 is 0 Å². The fourth-order valence-electron chi connectivity index (χ4n) is 2.93. The number of nitrogens with zero attached hydrogens (tertiary/aromatic N) is 3. The van der Waals surface area contributed by atoms with E-state index in [-0.39, 0.29) is 5.91 Å². The maximum Gasteiger partial charge on any atom is 0.275 e. The summed E-state index contributed by atoms with van der Waals surface area (Å²) in [4.78, 5) is 23.3. The maximum atomic E-state index is 12.3. The van der Waals surface area contributed by atoms with Gasteiger partial charge < -0.3 is 10.2 Å². The first kappa shape index (κ1) is 16.7. The van der Waals surface area contributed by atoms with Crippen LogP contribution in [0.5, 0.6) is 0 Å². The van der Waals surface area contributed by atoms with E-state index < -0.39 is 0 Å². The van der Waals surface area contributed by atoms with Crippen molar-refractivity contribution in [2.75, 3.05) is 23.3 Å². The standard InChI is InChI=1S/C18H21ClN4O/c1-12-5-4-8-23(11-12)17-10-20-16(9-21-17)18(24)22-15-7-3-6-14(19)13(15)2/h3,6-7,9-10,12H,4-5,8,11H2,1-2H3,(H,22,24). The Morgan fingerprint density at radius 3 is 2.88 bits per heavy atom. The summed E-state index contributed by atoms with van der Waals surface area (Å²) in [6.45, 7) is 6.09. The molecule has 1 atom stereocenters. The molecule has 1 N–H and O–H groups in total. The summed E-state index contributed by atoms with van der Waals surface area (Å²) in [5.74, 6) is 1.21. The molecule has 1 aliphatic heterocycles. The highest BCUT2D eigenvalue weighted by Crippen LogP contribution is 2.24. The van der Waals surface area contributed by atoms with Crippen molar-refractivity contribution in [2.24, 2.45) is 5.92 Å². The van der Waals surface area contributed by atoms with Gasteiger partial charge in [-0.3, -0.25) is 4.79 Å². The average Bonchev–Trinajstić information content (AvgIpc) is 2.59. The van der Waals surface area contributed by atoms with Crippen LogP contribution in [0.25, 0.3) is 0 Å². The van der Waals surface area contributed by atoms with Crippen LogP contribution in [0.4, 0.5) is 11.5 Å². The zero-order valence-electron chi connectivity index (χ0n) is 13.9. The van der Waals surface area contributed by atoms with Crippen molar-refractivity contribution in [3.8, 4) is 0 Å². The number of hydrogen-bond donors (Lipinski definition) is 1. The molecular weight excluding hydrogens is 324 g/mol. The number of amides is 1. The molecule has 6 heteroatoms. The van der Waals surface area contributed by atoms with Crippen molar-refractivity contribution in [3.63, 3.8) is 0 Å². The van der Waals surface area contributed by atoms with Gasteiger partial charge in [0.1, 0.15) is 11.5 Å². The van der Waals surface area contributed by atoms with Crippen LogP contribution in [0, 0.1) is 12.8 Å². The van der Waals surface area contributed by atoms with Gasteiger partial charge in [-0.25, -0.2) is 9.97 Å². The summed E-state index contributed by atoms with van der Waals surface area (Å²) in [7, 11) is 0. The number of hydrogen-bond acceptors (Lipinski definition) is 4. The van der Waals surface area contributed by atoms with Crippen molar-refractivity contribution in [2.45, 2.75) is 26.7 Å². The highest BCUT2D eigenvalue weighted by molar-refractivity contribution is 6.31. The molecule has 1 aromatic carbocycles. The van der Waals surface area contributed by atoms with Gasteiger partial charge in [0.25, 0.3) is 5.91 Å². The molecule has 1 aliphatic rings. The lowest BCUT2D eigenvalue weighted by Crippen LogP contribution is -2.35. The topological polar surface area (TPSA) is 58.1 Å². The molecule has 0 radical (unpaired) electrons.